The minimum absolute atomic E-state index is 0.00607. The van der Waals surface area contributed by atoms with Gasteiger partial charge in [-0.1, -0.05) is 78.1 Å². The van der Waals surface area contributed by atoms with E-state index < -0.39 is 0 Å². The molecule has 0 aromatic carbocycles. The first-order chi connectivity index (χ1) is 9.27. The largest absolute Gasteiger partial charge is 0.393 e. The first-order valence-electron chi connectivity index (χ1n) is 8.96. The van der Waals surface area contributed by atoms with E-state index in [-0.39, 0.29) is 6.10 Å². The Morgan fingerprint density at radius 3 is 2.00 bits per heavy atom. The predicted octanol–water partition coefficient (Wildman–Crippen LogP) is 5.70. The lowest BCUT2D eigenvalue weighted by molar-refractivity contribution is 0.0642. The maximum atomic E-state index is 10.3. The molecular formula is C18H36O. The van der Waals surface area contributed by atoms with Crippen LogP contribution in [0.15, 0.2) is 0 Å². The molecule has 1 rings (SSSR count). The Bertz CT molecular complexity index is 194. The van der Waals surface area contributed by atoms with Crippen molar-refractivity contribution in [2.24, 2.45) is 11.8 Å². The minimum Gasteiger partial charge on any atom is -0.393 e. The van der Waals surface area contributed by atoms with Gasteiger partial charge in [-0.2, -0.15) is 0 Å². The molecule has 1 heteroatoms. The Balaban J connectivity index is 1.97. The lowest BCUT2D eigenvalue weighted by Crippen LogP contribution is -2.25. The van der Waals surface area contributed by atoms with E-state index in [4.69, 9.17) is 0 Å². The van der Waals surface area contributed by atoms with E-state index in [2.05, 4.69) is 13.8 Å². The quantitative estimate of drug-likeness (QED) is 0.503. The Kier molecular flexibility index (Phi) is 9.59. The lowest BCUT2D eigenvalue weighted by atomic mass is 9.77. The highest BCUT2D eigenvalue weighted by molar-refractivity contribution is 4.77. The molecule has 0 saturated heterocycles. The summed E-state index contributed by atoms with van der Waals surface area (Å²) in [7, 11) is 0. The summed E-state index contributed by atoms with van der Waals surface area (Å²) >= 11 is 0. The molecular weight excluding hydrogens is 232 g/mol. The van der Waals surface area contributed by atoms with Gasteiger partial charge in [0.15, 0.2) is 0 Å². The zero-order valence-electron chi connectivity index (χ0n) is 13.4. The van der Waals surface area contributed by atoms with Crippen LogP contribution in [0, 0.1) is 11.8 Å². The van der Waals surface area contributed by atoms with E-state index in [1.165, 1.54) is 77.0 Å². The lowest BCUT2D eigenvalue weighted by Gasteiger charge is -2.31. The van der Waals surface area contributed by atoms with Crippen LogP contribution in [-0.2, 0) is 0 Å². The van der Waals surface area contributed by atoms with Gasteiger partial charge in [0.05, 0.1) is 6.10 Å². The average Bonchev–Trinajstić information content (AvgIpc) is 2.46. The number of hydrogen-bond donors (Lipinski definition) is 1. The van der Waals surface area contributed by atoms with Crippen molar-refractivity contribution in [2.45, 2.75) is 103 Å². The third kappa shape index (κ3) is 7.34. The maximum Gasteiger partial charge on any atom is 0.0568 e. The van der Waals surface area contributed by atoms with Crippen molar-refractivity contribution in [2.75, 3.05) is 0 Å². The second kappa shape index (κ2) is 10.7. The molecule has 0 aromatic rings. The van der Waals surface area contributed by atoms with Crippen molar-refractivity contribution < 1.29 is 5.11 Å². The molecule has 0 bridgehead atoms. The standard InChI is InChI=1S/C18H36O/c1-3-5-6-7-8-9-10-11-18(19)17-14-12-16(4-2)13-15-17/h16-19H,3-15H2,1-2H3. The van der Waals surface area contributed by atoms with Gasteiger partial charge in [0.25, 0.3) is 0 Å². The molecule has 1 N–H and O–H groups in total. The van der Waals surface area contributed by atoms with Crippen molar-refractivity contribution in [3.05, 3.63) is 0 Å². The monoisotopic (exact) mass is 268 g/mol. The summed E-state index contributed by atoms with van der Waals surface area (Å²) in [6.07, 6.45) is 17.1. The molecule has 0 amide bonds. The Morgan fingerprint density at radius 1 is 0.842 bits per heavy atom. The molecule has 1 aliphatic carbocycles. The summed E-state index contributed by atoms with van der Waals surface area (Å²) in [5, 5.41) is 10.3. The van der Waals surface area contributed by atoms with E-state index in [0.717, 1.165) is 12.3 Å². The first-order valence-corrected chi connectivity index (χ1v) is 8.96. The van der Waals surface area contributed by atoms with Gasteiger partial charge in [0.1, 0.15) is 0 Å². The van der Waals surface area contributed by atoms with Gasteiger partial charge in [0, 0.05) is 0 Å². The second-order valence-electron chi connectivity index (χ2n) is 6.67. The van der Waals surface area contributed by atoms with Crippen molar-refractivity contribution in [3.63, 3.8) is 0 Å². The topological polar surface area (TPSA) is 20.2 Å². The van der Waals surface area contributed by atoms with Crippen molar-refractivity contribution in [1.29, 1.82) is 0 Å². The number of aliphatic hydroxyl groups is 1. The van der Waals surface area contributed by atoms with Crippen LogP contribution in [0.2, 0.25) is 0 Å². The fourth-order valence-corrected chi connectivity index (χ4v) is 3.53. The van der Waals surface area contributed by atoms with E-state index in [9.17, 15) is 5.11 Å². The van der Waals surface area contributed by atoms with Gasteiger partial charge in [-0.3, -0.25) is 0 Å². The normalized spacial score (nSPS) is 25.4. The Hall–Kier alpha value is -0.0400. The molecule has 114 valence electrons. The second-order valence-corrected chi connectivity index (χ2v) is 6.67. The highest BCUT2D eigenvalue weighted by atomic mass is 16.3. The van der Waals surface area contributed by atoms with Crippen LogP contribution in [-0.4, -0.2) is 11.2 Å². The molecule has 1 fully saturated rings. The van der Waals surface area contributed by atoms with Crippen LogP contribution in [0.25, 0.3) is 0 Å². The van der Waals surface area contributed by atoms with Crippen LogP contribution < -0.4 is 0 Å². The third-order valence-electron chi connectivity index (χ3n) is 5.12. The Labute approximate surface area is 121 Å². The summed E-state index contributed by atoms with van der Waals surface area (Å²) in [5.41, 5.74) is 0. The third-order valence-corrected chi connectivity index (χ3v) is 5.12. The maximum absolute atomic E-state index is 10.3. The predicted molar refractivity (Wildman–Crippen MR) is 84.4 cm³/mol. The number of hydrogen-bond acceptors (Lipinski definition) is 1. The minimum atomic E-state index is -0.00607. The molecule has 19 heavy (non-hydrogen) atoms. The Morgan fingerprint density at radius 2 is 1.42 bits per heavy atom. The highest BCUT2D eigenvalue weighted by Crippen LogP contribution is 2.33. The SMILES string of the molecule is CCCCCCCCCC(O)C1CCC(CC)CC1. The molecule has 0 spiro atoms. The molecule has 0 aromatic heterocycles. The van der Waals surface area contributed by atoms with Gasteiger partial charge < -0.3 is 5.11 Å². The summed E-state index contributed by atoms with van der Waals surface area (Å²) in [6.45, 7) is 4.57. The number of unbranched alkanes of at least 4 members (excludes halogenated alkanes) is 6. The van der Waals surface area contributed by atoms with Gasteiger partial charge in [-0.25, -0.2) is 0 Å². The van der Waals surface area contributed by atoms with Crippen molar-refractivity contribution in [3.8, 4) is 0 Å². The molecule has 0 radical (unpaired) electrons. The molecule has 1 nitrogen and oxygen atoms in total. The van der Waals surface area contributed by atoms with Crippen LogP contribution in [0.5, 0.6) is 0 Å². The van der Waals surface area contributed by atoms with Gasteiger partial charge in [-0.05, 0) is 31.1 Å². The molecule has 1 saturated carbocycles. The summed E-state index contributed by atoms with van der Waals surface area (Å²) in [6, 6.07) is 0. The zero-order valence-corrected chi connectivity index (χ0v) is 13.4. The average molecular weight is 268 g/mol. The molecule has 1 unspecified atom stereocenters. The molecule has 0 aliphatic heterocycles. The zero-order chi connectivity index (χ0) is 13.9. The summed E-state index contributed by atoms with van der Waals surface area (Å²) in [4.78, 5) is 0. The van der Waals surface area contributed by atoms with Crippen molar-refractivity contribution >= 4 is 0 Å². The van der Waals surface area contributed by atoms with E-state index in [0.29, 0.717) is 5.92 Å². The van der Waals surface area contributed by atoms with Crippen LogP contribution >= 0.6 is 0 Å². The van der Waals surface area contributed by atoms with Gasteiger partial charge in [-0.15, -0.1) is 0 Å². The van der Waals surface area contributed by atoms with E-state index >= 15 is 0 Å². The summed E-state index contributed by atoms with van der Waals surface area (Å²) in [5.74, 6) is 1.56. The van der Waals surface area contributed by atoms with Gasteiger partial charge >= 0.3 is 0 Å². The fraction of sp³-hybridized carbons (Fsp3) is 1.00. The van der Waals surface area contributed by atoms with Crippen molar-refractivity contribution in [1.82, 2.24) is 0 Å². The van der Waals surface area contributed by atoms with Crippen LogP contribution in [0.3, 0.4) is 0 Å². The molecule has 1 aliphatic rings. The number of rotatable bonds is 10. The van der Waals surface area contributed by atoms with E-state index in [1.807, 2.05) is 0 Å². The molecule has 0 heterocycles. The van der Waals surface area contributed by atoms with E-state index in [1.54, 1.807) is 0 Å². The smallest absolute Gasteiger partial charge is 0.0568 e. The first kappa shape index (κ1) is 17.0. The molecule has 1 atom stereocenters. The highest BCUT2D eigenvalue weighted by Gasteiger charge is 2.25. The van der Waals surface area contributed by atoms with Gasteiger partial charge in [0.2, 0.25) is 0 Å². The summed E-state index contributed by atoms with van der Waals surface area (Å²) < 4.78 is 0. The van der Waals surface area contributed by atoms with Crippen LogP contribution in [0.1, 0.15) is 97.3 Å². The number of aliphatic hydroxyl groups excluding tert-OH is 1. The fourth-order valence-electron chi connectivity index (χ4n) is 3.53. The van der Waals surface area contributed by atoms with Crippen LogP contribution in [0.4, 0.5) is 0 Å².